The first kappa shape index (κ1) is 23.4. The average molecular weight is 470 g/mol. The van der Waals surface area contributed by atoms with Crippen LogP contribution in [-0.4, -0.2) is 70.8 Å². The molecule has 1 aromatic carbocycles. The topological polar surface area (TPSA) is 99.8 Å². The summed E-state index contributed by atoms with van der Waals surface area (Å²) in [6.45, 7) is 4.75. The van der Waals surface area contributed by atoms with Crippen molar-refractivity contribution in [1.29, 1.82) is 0 Å². The number of thiazole rings is 1. The highest BCUT2D eigenvalue weighted by molar-refractivity contribution is 7.07. The van der Waals surface area contributed by atoms with Crippen LogP contribution in [0.25, 0.3) is 0 Å². The minimum atomic E-state index is -0.866. The van der Waals surface area contributed by atoms with Gasteiger partial charge in [-0.3, -0.25) is 24.2 Å². The number of piperazine rings is 1. The average Bonchev–Trinajstić information content (AvgIpc) is 3.54. The van der Waals surface area contributed by atoms with Crippen LogP contribution in [0.3, 0.4) is 0 Å². The van der Waals surface area contributed by atoms with Gasteiger partial charge in [-0.15, -0.1) is 11.3 Å². The molecule has 2 aromatic rings. The molecule has 4 rings (SSSR count). The summed E-state index contributed by atoms with van der Waals surface area (Å²) in [7, 11) is 0. The van der Waals surface area contributed by atoms with E-state index in [1.165, 1.54) is 29.1 Å². The van der Waals surface area contributed by atoms with Crippen LogP contribution in [0.1, 0.15) is 31.7 Å². The second-order valence-electron chi connectivity index (χ2n) is 8.87. The van der Waals surface area contributed by atoms with Gasteiger partial charge in [0.2, 0.25) is 17.7 Å². The molecule has 176 valence electrons. The predicted molar refractivity (Wildman–Crippen MR) is 128 cm³/mol. The molecule has 0 bridgehead atoms. The van der Waals surface area contributed by atoms with Gasteiger partial charge < -0.3 is 10.6 Å². The fourth-order valence-corrected chi connectivity index (χ4v) is 4.94. The molecule has 33 heavy (non-hydrogen) atoms. The summed E-state index contributed by atoms with van der Waals surface area (Å²) in [5, 5.41) is 1.72. The molecule has 1 unspecified atom stereocenters. The minimum absolute atomic E-state index is 0.0234. The van der Waals surface area contributed by atoms with Gasteiger partial charge >= 0.3 is 0 Å². The van der Waals surface area contributed by atoms with Crippen molar-refractivity contribution in [2.45, 2.75) is 44.7 Å². The Morgan fingerprint density at radius 3 is 2.42 bits per heavy atom. The lowest BCUT2D eigenvalue weighted by Gasteiger charge is -2.36. The molecule has 0 radical (unpaired) electrons. The summed E-state index contributed by atoms with van der Waals surface area (Å²) in [5.41, 5.74) is 8.13. The van der Waals surface area contributed by atoms with Crippen molar-refractivity contribution in [2.75, 3.05) is 31.1 Å². The highest BCUT2D eigenvalue weighted by Crippen LogP contribution is 2.28. The Morgan fingerprint density at radius 1 is 1.15 bits per heavy atom. The maximum absolute atomic E-state index is 13.8. The molecule has 2 atom stereocenters. The summed E-state index contributed by atoms with van der Waals surface area (Å²) in [6, 6.07) is 9.47. The number of primary amides is 1. The first-order valence-corrected chi connectivity index (χ1v) is 12.4. The fourth-order valence-electron chi connectivity index (χ4n) is 4.41. The van der Waals surface area contributed by atoms with Crippen LogP contribution in [0.5, 0.6) is 0 Å². The second-order valence-corrected chi connectivity index (χ2v) is 9.59. The lowest BCUT2D eigenvalue weighted by atomic mass is 9.93. The van der Waals surface area contributed by atoms with E-state index in [-0.39, 0.29) is 18.2 Å². The van der Waals surface area contributed by atoms with Gasteiger partial charge in [0.15, 0.2) is 0 Å². The number of anilines is 1. The van der Waals surface area contributed by atoms with Crippen LogP contribution in [0.15, 0.2) is 41.2 Å². The van der Waals surface area contributed by atoms with Gasteiger partial charge in [-0.25, -0.2) is 4.98 Å². The van der Waals surface area contributed by atoms with E-state index in [1.807, 2.05) is 35.2 Å². The Morgan fingerprint density at radius 2 is 1.85 bits per heavy atom. The smallest absolute Gasteiger partial charge is 0.240 e. The van der Waals surface area contributed by atoms with E-state index < -0.39 is 17.9 Å². The molecule has 1 saturated heterocycles. The zero-order chi connectivity index (χ0) is 23.4. The van der Waals surface area contributed by atoms with E-state index in [0.717, 1.165) is 18.7 Å². The number of aromatic nitrogens is 1. The Balaban J connectivity index is 1.52. The summed E-state index contributed by atoms with van der Waals surface area (Å²) in [6.07, 6.45) is 3.00. The third kappa shape index (κ3) is 5.78. The summed E-state index contributed by atoms with van der Waals surface area (Å²) in [4.78, 5) is 48.9. The van der Waals surface area contributed by atoms with Crippen molar-refractivity contribution in [3.8, 4) is 0 Å². The monoisotopic (exact) mass is 469 g/mol. The molecule has 9 heteroatoms. The van der Waals surface area contributed by atoms with E-state index in [2.05, 4.69) is 9.88 Å². The molecule has 1 saturated carbocycles. The molecule has 2 aliphatic rings. The van der Waals surface area contributed by atoms with E-state index in [1.54, 1.807) is 17.8 Å². The number of nitrogens with two attached hydrogens (primary N) is 1. The standard InChI is InChI=1S/C24H31N5O3S/c1-17(23(25)31)29(21-15-33-16-26-21)24(32)19(13-18-5-3-2-4-6-18)14-22(30)28-11-9-27(10-12-28)20-7-8-20/h2-6,15-17,19-20H,7-14H2,1H3,(H2,25,31)/t17-,19?/m1/s1. The van der Waals surface area contributed by atoms with Gasteiger partial charge in [0.05, 0.1) is 11.4 Å². The first-order valence-electron chi connectivity index (χ1n) is 11.5. The largest absolute Gasteiger partial charge is 0.368 e. The molecule has 3 amide bonds. The number of rotatable bonds is 9. The predicted octanol–water partition coefficient (Wildman–Crippen LogP) is 1.91. The van der Waals surface area contributed by atoms with Crippen molar-refractivity contribution in [3.63, 3.8) is 0 Å². The zero-order valence-electron chi connectivity index (χ0n) is 18.9. The van der Waals surface area contributed by atoms with Crippen LogP contribution in [0, 0.1) is 5.92 Å². The van der Waals surface area contributed by atoms with Gasteiger partial charge in [0, 0.05) is 44.0 Å². The van der Waals surface area contributed by atoms with Crippen LogP contribution < -0.4 is 10.6 Å². The molecular formula is C24H31N5O3S. The number of carbonyl (C=O) groups excluding carboxylic acids is 3. The number of hydrogen-bond donors (Lipinski definition) is 1. The molecule has 1 aliphatic carbocycles. The van der Waals surface area contributed by atoms with E-state index in [0.29, 0.717) is 31.4 Å². The first-order chi connectivity index (χ1) is 15.9. The fraction of sp³-hybridized carbons (Fsp3) is 0.500. The Hall–Kier alpha value is -2.78. The number of amides is 3. The van der Waals surface area contributed by atoms with Crippen molar-refractivity contribution >= 4 is 34.9 Å². The van der Waals surface area contributed by atoms with Crippen LogP contribution in [0.2, 0.25) is 0 Å². The summed E-state index contributed by atoms with van der Waals surface area (Å²) < 4.78 is 0. The normalized spacial score (nSPS) is 18.5. The summed E-state index contributed by atoms with van der Waals surface area (Å²) in [5.74, 6) is -1.17. The minimum Gasteiger partial charge on any atom is -0.368 e. The van der Waals surface area contributed by atoms with Gasteiger partial charge in [-0.2, -0.15) is 0 Å². The van der Waals surface area contributed by atoms with Crippen LogP contribution >= 0.6 is 11.3 Å². The second kappa shape index (κ2) is 10.4. The quantitative estimate of drug-likeness (QED) is 0.605. The number of benzene rings is 1. The maximum Gasteiger partial charge on any atom is 0.240 e. The molecule has 2 heterocycles. The number of nitrogens with zero attached hydrogens (tertiary/aromatic N) is 4. The molecule has 2 fully saturated rings. The van der Waals surface area contributed by atoms with Gasteiger partial charge in [0.1, 0.15) is 11.9 Å². The van der Waals surface area contributed by atoms with E-state index >= 15 is 0 Å². The lowest BCUT2D eigenvalue weighted by Crippen LogP contribution is -2.52. The molecule has 8 nitrogen and oxygen atoms in total. The van der Waals surface area contributed by atoms with Crippen molar-refractivity contribution in [3.05, 3.63) is 46.8 Å². The molecule has 1 aliphatic heterocycles. The third-order valence-corrected chi connectivity index (χ3v) is 7.10. The highest BCUT2D eigenvalue weighted by Gasteiger charge is 2.36. The van der Waals surface area contributed by atoms with Crippen LogP contribution in [-0.2, 0) is 20.8 Å². The van der Waals surface area contributed by atoms with Gasteiger partial charge in [0.25, 0.3) is 0 Å². The Bertz CT molecular complexity index is 956. The SMILES string of the molecule is C[C@H](C(N)=O)N(C(=O)C(CC(=O)N1CCN(C2CC2)CC1)Cc1ccccc1)c1cscn1. The highest BCUT2D eigenvalue weighted by atomic mass is 32.1. The lowest BCUT2D eigenvalue weighted by molar-refractivity contribution is -0.137. The molecule has 0 spiro atoms. The molecular weight excluding hydrogens is 438 g/mol. The summed E-state index contributed by atoms with van der Waals surface area (Å²) >= 11 is 1.34. The van der Waals surface area contributed by atoms with E-state index in [4.69, 9.17) is 5.73 Å². The Kier molecular flexibility index (Phi) is 7.39. The van der Waals surface area contributed by atoms with Gasteiger partial charge in [-0.05, 0) is 31.7 Å². The van der Waals surface area contributed by atoms with Gasteiger partial charge in [-0.1, -0.05) is 30.3 Å². The van der Waals surface area contributed by atoms with E-state index in [9.17, 15) is 14.4 Å². The number of hydrogen-bond acceptors (Lipinski definition) is 6. The molecule has 1 aromatic heterocycles. The number of carbonyl (C=O) groups is 3. The van der Waals surface area contributed by atoms with Crippen LogP contribution in [0.4, 0.5) is 5.82 Å². The Labute approximate surface area is 198 Å². The van der Waals surface area contributed by atoms with Crippen molar-refractivity contribution in [2.24, 2.45) is 11.7 Å². The zero-order valence-corrected chi connectivity index (χ0v) is 19.7. The van der Waals surface area contributed by atoms with Crippen molar-refractivity contribution < 1.29 is 14.4 Å². The maximum atomic E-state index is 13.8. The third-order valence-electron chi connectivity index (χ3n) is 6.53. The van der Waals surface area contributed by atoms with Crippen molar-refractivity contribution in [1.82, 2.24) is 14.8 Å². The molecule has 2 N–H and O–H groups in total.